The van der Waals surface area contributed by atoms with Crippen molar-refractivity contribution in [2.45, 2.75) is 38.1 Å². The number of pyridine rings is 1. The SMILES string of the molecule is COc1ccc2ncc(N3CCOCC3)c(CCCC3CC(C(=O)NO)CCN3CCOc3c(F)cc(F)cc3F)c2c1. The topological polar surface area (TPSA) is 96.4 Å². The predicted octanol–water partition coefficient (Wildman–Crippen LogP) is 4.49. The number of amides is 1. The van der Waals surface area contributed by atoms with Gasteiger partial charge in [-0.3, -0.25) is 19.9 Å². The van der Waals surface area contributed by atoms with Gasteiger partial charge < -0.3 is 19.1 Å². The van der Waals surface area contributed by atoms with Crippen LogP contribution in [0.1, 0.15) is 31.2 Å². The number of hydrogen-bond acceptors (Lipinski definition) is 8. The summed E-state index contributed by atoms with van der Waals surface area (Å²) >= 11 is 0. The molecule has 2 aromatic carbocycles. The molecule has 2 N–H and O–H groups in total. The van der Waals surface area contributed by atoms with Gasteiger partial charge in [-0.05, 0) is 62.4 Å². The fourth-order valence-electron chi connectivity index (χ4n) is 6.15. The number of carbonyl (C=O) groups is 1. The first-order chi connectivity index (χ1) is 20.9. The minimum atomic E-state index is -1.09. The molecule has 0 radical (unpaired) electrons. The number of aryl methyl sites for hydroxylation is 1. The number of halogens is 3. The minimum absolute atomic E-state index is 0.0111. The van der Waals surface area contributed by atoms with Crippen molar-refractivity contribution in [2.75, 3.05) is 58.0 Å². The average molecular weight is 603 g/mol. The van der Waals surface area contributed by atoms with Crippen LogP contribution in [-0.4, -0.2) is 80.1 Å². The average Bonchev–Trinajstić information content (AvgIpc) is 3.02. The van der Waals surface area contributed by atoms with Gasteiger partial charge in [0, 0.05) is 49.1 Å². The van der Waals surface area contributed by atoms with Crippen molar-refractivity contribution in [1.82, 2.24) is 15.4 Å². The van der Waals surface area contributed by atoms with E-state index in [4.69, 9.17) is 19.2 Å². The molecule has 1 amide bonds. The Bertz CT molecular complexity index is 1400. The summed E-state index contributed by atoms with van der Waals surface area (Å²) in [6.45, 7) is 3.74. The molecule has 12 heteroatoms. The van der Waals surface area contributed by atoms with Crippen molar-refractivity contribution in [3.8, 4) is 11.5 Å². The molecule has 2 unspecified atom stereocenters. The number of hydroxylamine groups is 1. The van der Waals surface area contributed by atoms with E-state index in [1.165, 1.54) is 5.56 Å². The number of methoxy groups -OCH3 is 1. The van der Waals surface area contributed by atoms with E-state index in [1.807, 2.05) is 24.4 Å². The highest BCUT2D eigenvalue weighted by Crippen LogP contribution is 2.33. The van der Waals surface area contributed by atoms with E-state index >= 15 is 0 Å². The predicted molar refractivity (Wildman–Crippen MR) is 154 cm³/mol. The number of benzene rings is 2. The monoisotopic (exact) mass is 602 g/mol. The van der Waals surface area contributed by atoms with E-state index < -0.39 is 29.1 Å². The molecular weight excluding hydrogens is 565 g/mol. The summed E-state index contributed by atoms with van der Waals surface area (Å²) in [5.41, 5.74) is 4.89. The molecule has 0 bridgehead atoms. The lowest BCUT2D eigenvalue weighted by Crippen LogP contribution is -2.47. The molecule has 2 atom stereocenters. The van der Waals surface area contributed by atoms with Crippen molar-refractivity contribution in [1.29, 1.82) is 0 Å². The van der Waals surface area contributed by atoms with Crippen molar-refractivity contribution in [2.24, 2.45) is 5.92 Å². The van der Waals surface area contributed by atoms with Crippen LogP contribution in [0.5, 0.6) is 11.5 Å². The number of aromatic nitrogens is 1. The molecule has 43 heavy (non-hydrogen) atoms. The Morgan fingerprint density at radius 1 is 1.14 bits per heavy atom. The molecule has 2 saturated heterocycles. The van der Waals surface area contributed by atoms with Crippen molar-refractivity contribution < 1.29 is 37.4 Å². The van der Waals surface area contributed by atoms with Crippen LogP contribution in [0, 0.1) is 23.4 Å². The van der Waals surface area contributed by atoms with E-state index in [9.17, 15) is 23.2 Å². The summed E-state index contributed by atoms with van der Waals surface area (Å²) in [7, 11) is 1.64. The standard InChI is InChI=1S/C31H37F3N4O5/c1-41-23-5-6-28-25(18-23)24(29(19-35-28)38-9-12-42-13-10-38)4-2-3-22-15-20(31(39)36-40)7-8-37(22)11-14-43-30-26(33)16-21(32)17-27(30)34/h5-6,16-20,22,40H,2-4,7-15H2,1H3,(H,36,39). The van der Waals surface area contributed by atoms with Crippen molar-refractivity contribution in [3.63, 3.8) is 0 Å². The van der Waals surface area contributed by atoms with Gasteiger partial charge in [0.1, 0.15) is 18.2 Å². The molecular formula is C31H37F3N4O5. The second-order valence-corrected chi connectivity index (χ2v) is 10.9. The molecule has 2 aliphatic rings. The number of morpholine rings is 1. The van der Waals surface area contributed by atoms with Gasteiger partial charge in [0.15, 0.2) is 17.4 Å². The maximum atomic E-state index is 14.1. The van der Waals surface area contributed by atoms with Gasteiger partial charge in [0.25, 0.3) is 0 Å². The third kappa shape index (κ3) is 7.31. The van der Waals surface area contributed by atoms with Gasteiger partial charge in [-0.2, -0.15) is 0 Å². The van der Waals surface area contributed by atoms with Crippen LogP contribution in [-0.2, 0) is 16.0 Å². The van der Waals surface area contributed by atoms with Crippen LogP contribution in [0.25, 0.3) is 10.9 Å². The molecule has 1 aromatic heterocycles. The number of likely N-dealkylation sites (tertiary alicyclic amines) is 1. The highest BCUT2D eigenvalue weighted by molar-refractivity contribution is 5.88. The van der Waals surface area contributed by atoms with Crippen LogP contribution in [0.3, 0.4) is 0 Å². The lowest BCUT2D eigenvalue weighted by molar-refractivity contribution is -0.135. The number of nitrogens with zero attached hydrogens (tertiary/aromatic N) is 3. The number of carbonyl (C=O) groups excluding carboxylic acids is 1. The van der Waals surface area contributed by atoms with E-state index in [2.05, 4.69) is 9.80 Å². The molecule has 232 valence electrons. The Hall–Kier alpha value is -3.61. The molecule has 2 aliphatic heterocycles. The van der Waals surface area contributed by atoms with Crippen molar-refractivity contribution in [3.05, 3.63) is 59.5 Å². The lowest BCUT2D eigenvalue weighted by Gasteiger charge is -2.39. The van der Waals surface area contributed by atoms with Crippen molar-refractivity contribution >= 4 is 22.5 Å². The molecule has 5 rings (SSSR count). The number of hydrogen-bond donors (Lipinski definition) is 2. The zero-order chi connectivity index (χ0) is 30.3. The summed E-state index contributed by atoms with van der Waals surface area (Å²) < 4.78 is 57.9. The highest BCUT2D eigenvalue weighted by Gasteiger charge is 2.32. The second kappa shape index (κ2) is 14.2. The van der Waals surface area contributed by atoms with Gasteiger partial charge in [-0.15, -0.1) is 0 Å². The summed E-state index contributed by atoms with van der Waals surface area (Å²) in [5, 5.41) is 10.3. The van der Waals surface area contributed by atoms with Gasteiger partial charge >= 0.3 is 0 Å². The first-order valence-corrected chi connectivity index (χ1v) is 14.6. The zero-order valence-electron chi connectivity index (χ0n) is 24.2. The van der Waals surface area contributed by atoms with Crippen LogP contribution in [0.4, 0.5) is 18.9 Å². The third-order valence-electron chi connectivity index (χ3n) is 8.39. The van der Waals surface area contributed by atoms with E-state index in [1.54, 1.807) is 12.6 Å². The summed E-state index contributed by atoms with van der Waals surface area (Å²) in [5.74, 6) is -3.83. The summed E-state index contributed by atoms with van der Waals surface area (Å²) in [4.78, 5) is 21.4. The van der Waals surface area contributed by atoms with Gasteiger partial charge in [0.2, 0.25) is 5.91 Å². The largest absolute Gasteiger partial charge is 0.497 e. The Kier molecular flexibility index (Phi) is 10.2. The zero-order valence-corrected chi connectivity index (χ0v) is 24.2. The van der Waals surface area contributed by atoms with Crippen LogP contribution in [0.2, 0.25) is 0 Å². The van der Waals surface area contributed by atoms with Gasteiger partial charge in [-0.1, -0.05) is 0 Å². The van der Waals surface area contributed by atoms with E-state index in [0.29, 0.717) is 51.3 Å². The fraction of sp³-hybridized carbons (Fsp3) is 0.484. The lowest BCUT2D eigenvalue weighted by atomic mass is 9.87. The number of ether oxygens (including phenoxy) is 3. The number of rotatable bonds is 11. The molecule has 3 heterocycles. The van der Waals surface area contributed by atoms with Crippen LogP contribution >= 0.6 is 0 Å². The number of anilines is 1. The third-order valence-corrected chi connectivity index (χ3v) is 8.39. The molecule has 0 aliphatic carbocycles. The van der Waals surface area contributed by atoms with E-state index in [-0.39, 0.29) is 18.6 Å². The summed E-state index contributed by atoms with van der Waals surface area (Å²) in [6, 6.07) is 7.01. The first kappa shape index (κ1) is 30.8. The fourth-order valence-corrected chi connectivity index (χ4v) is 6.15. The Balaban J connectivity index is 1.31. The van der Waals surface area contributed by atoms with Crippen LogP contribution < -0.4 is 19.9 Å². The molecule has 2 fully saturated rings. The second-order valence-electron chi connectivity index (χ2n) is 10.9. The smallest absolute Gasteiger partial charge is 0.246 e. The molecule has 9 nitrogen and oxygen atoms in total. The first-order valence-electron chi connectivity index (χ1n) is 14.6. The number of piperidine rings is 1. The number of fused-ring (bicyclic) bond motifs is 1. The Morgan fingerprint density at radius 2 is 1.91 bits per heavy atom. The maximum absolute atomic E-state index is 14.1. The minimum Gasteiger partial charge on any atom is -0.497 e. The highest BCUT2D eigenvalue weighted by atomic mass is 19.1. The molecule has 3 aromatic rings. The summed E-state index contributed by atoms with van der Waals surface area (Å²) in [6.07, 6.45) is 5.26. The van der Waals surface area contributed by atoms with E-state index in [0.717, 1.165) is 54.7 Å². The normalized spacial score (nSPS) is 19.4. The molecule has 0 saturated carbocycles. The Labute approximate surface area is 248 Å². The van der Waals surface area contributed by atoms with Gasteiger partial charge in [-0.25, -0.2) is 18.7 Å². The quantitative estimate of drug-likeness (QED) is 0.245. The molecule has 0 spiro atoms. The van der Waals surface area contributed by atoms with Gasteiger partial charge in [0.05, 0.1) is 37.7 Å². The van der Waals surface area contributed by atoms with Crippen LogP contribution in [0.15, 0.2) is 36.5 Å². The number of nitrogens with one attached hydrogen (secondary N) is 1. The Morgan fingerprint density at radius 3 is 2.63 bits per heavy atom. The maximum Gasteiger partial charge on any atom is 0.246 e.